The van der Waals surface area contributed by atoms with Crippen LogP contribution in [0.4, 0.5) is 0 Å². The first kappa shape index (κ1) is 12.9. The van der Waals surface area contributed by atoms with Crippen molar-refractivity contribution in [2.75, 3.05) is 0 Å². The predicted octanol–water partition coefficient (Wildman–Crippen LogP) is -5.76. The molecule has 1 aromatic carbocycles. The summed E-state index contributed by atoms with van der Waals surface area (Å²) >= 11 is 0. The summed E-state index contributed by atoms with van der Waals surface area (Å²) < 4.78 is 0. The average Bonchev–Trinajstić information content (AvgIpc) is 1.83. The Kier molecular flexibility index (Phi) is 5.44. The minimum atomic E-state index is -1.12. The third kappa shape index (κ3) is 1.65. The van der Waals surface area contributed by atoms with Crippen molar-refractivity contribution in [3.63, 3.8) is 0 Å². The van der Waals surface area contributed by atoms with Gasteiger partial charge in [0.05, 0.1) is 0 Å². The second-order valence-electron chi connectivity index (χ2n) is 1.34. The molecule has 6 heteroatoms. The average molecular weight is 170 g/mol. The van der Waals surface area contributed by atoms with Crippen molar-refractivity contribution in [3.05, 3.63) is 20.4 Å². The Bertz CT molecular complexity index is 254. The number of aromatic hydroxyl groups is 1. The predicted molar refractivity (Wildman–Crippen MR) is 26.1 cm³/mol. The summed E-state index contributed by atoms with van der Waals surface area (Å²) in [6, 6.07) is 0. The Labute approximate surface area is 97.7 Å². The molecule has 10 heavy (non-hydrogen) atoms. The van der Waals surface area contributed by atoms with E-state index in [4.69, 9.17) is 5.11 Å². The molecule has 0 atom stereocenters. The molecule has 1 rings (SSSR count). The largest absolute Gasteiger partial charge is 1.00 e. The van der Waals surface area contributed by atoms with Crippen LogP contribution < -0.4 is 67.3 Å². The fourth-order valence-electron chi connectivity index (χ4n) is 0.359. The normalized spacial score (nSPS) is 8.00. The van der Waals surface area contributed by atoms with Gasteiger partial charge in [-0.05, 0) is 5.75 Å². The van der Waals surface area contributed by atoms with E-state index < -0.39 is 22.4 Å². The monoisotopic (exact) mass is 170 g/mol. The van der Waals surface area contributed by atoms with Crippen molar-refractivity contribution in [2.45, 2.75) is 0 Å². The first-order valence-corrected chi connectivity index (χ1v) is 1.84. The van der Waals surface area contributed by atoms with Crippen molar-refractivity contribution < 1.29 is 67.1 Å². The van der Waals surface area contributed by atoms with Crippen LogP contribution in [-0.2, 0) is 0 Å². The molecule has 0 aromatic heterocycles. The molecular formula is C4H3KO5. The molecule has 0 saturated heterocycles. The Hall–Kier alpha value is 0.276. The Morgan fingerprint density at radius 1 is 1.20 bits per heavy atom. The summed E-state index contributed by atoms with van der Waals surface area (Å²) in [4.78, 5) is 19.8. The van der Waals surface area contributed by atoms with E-state index >= 15 is 0 Å². The van der Waals surface area contributed by atoms with Crippen molar-refractivity contribution >= 4 is 0 Å². The molecule has 0 bridgehead atoms. The van der Waals surface area contributed by atoms with Crippen LogP contribution in [0.2, 0.25) is 0 Å². The number of hydrogen-bond acceptors (Lipinski definition) is 4. The van der Waals surface area contributed by atoms with E-state index in [-0.39, 0.29) is 56.9 Å². The zero-order chi connectivity index (χ0) is 6.31. The zero-order valence-corrected chi connectivity index (χ0v) is 8.30. The van der Waals surface area contributed by atoms with E-state index in [2.05, 4.69) is 0 Å². The second kappa shape index (κ2) is 4.22. The summed E-state index contributed by atoms with van der Waals surface area (Å²) in [5, 5.41) is 18.1. The second-order valence-corrected chi connectivity index (χ2v) is 1.34. The van der Waals surface area contributed by atoms with Crippen molar-refractivity contribution in [1.82, 2.24) is 0 Å². The first-order valence-electron chi connectivity index (χ1n) is 1.84. The van der Waals surface area contributed by atoms with Crippen LogP contribution in [0, 0.1) is 0 Å². The van der Waals surface area contributed by atoms with E-state index in [9.17, 15) is 14.7 Å². The molecule has 0 unspecified atom stereocenters. The molecule has 0 aliphatic heterocycles. The summed E-state index contributed by atoms with van der Waals surface area (Å²) in [5.74, 6) is -2.01. The molecule has 0 radical (unpaired) electrons. The van der Waals surface area contributed by atoms with E-state index in [0.717, 1.165) is 0 Å². The number of rotatable bonds is 0. The van der Waals surface area contributed by atoms with Crippen LogP contribution in [0.3, 0.4) is 0 Å². The van der Waals surface area contributed by atoms with Gasteiger partial charge < -0.3 is 15.7 Å². The van der Waals surface area contributed by atoms with Gasteiger partial charge in [0.15, 0.2) is 5.75 Å². The van der Waals surface area contributed by atoms with Gasteiger partial charge in [0.2, 0.25) is 5.43 Å². The molecule has 0 amide bonds. The van der Waals surface area contributed by atoms with E-state index in [1.54, 1.807) is 0 Å². The van der Waals surface area contributed by atoms with Gasteiger partial charge in [0.25, 0.3) is 5.43 Å². The maximum atomic E-state index is 9.91. The molecule has 0 saturated carbocycles. The van der Waals surface area contributed by atoms with Gasteiger partial charge in [-0.3, -0.25) is 9.59 Å². The minimum absolute atomic E-state index is 0. The summed E-state index contributed by atoms with van der Waals surface area (Å²) in [7, 11) is 0. The maximum Gasteiger partial charge on any atom is 1.00 e. The molecule has 0 spiro atoms. The van der Waals surface area contributed by atoms with Crippen molar-refractivity contribution in [3.8, 4) is 11.5 Å². The van der Waals surface area contributed by atoms with Gasteiger partial charge in [0.1, 0.15) is 0 Å². The summed E-state index contributed by atoms with van der Waals surface area (Å²) in [5.41, 5.74) is -2.20. The molecule has 50 valence electrons. The van der Waals surface area contributed by atoms with Crippen LogP contribution in [0.5, 0.6) is 11.5 Å². The minimum Gasteiger partial charge on any atom is -0.867 e. The molecule has 0 heterocycles. The molecule has 5 nitrogen and oxygen atoms in total. The van der Waals surface area contributed by atoms with Crippen molar-refractivity contribution in [2.24, 2.45) is 0 Å². The smallest absolute Gasteiger partial charge is 0.867 e. The van der Waals surface area contributed by atoms with Crippen LogP contribution >= 0.6 is 0 Å². The van der Waals surface area contributed by atoms with Crippen molar-refractivity contribution in [1.29, 1.82) is 0 Å². The number of hydrogen-bond donors (Lipinski definition) is 1. The summed E-state index contributed by atoms with van der Waals surface area (Å²) in [6.07, 6.45) is 0. The molecule has 3 N–H and O–H groups in total. The van der Waals surface area contributed by atoms with E-state index in [1.165, 1.54) is 0 Å². The zero-order valence-electron chi connectivity index (χ0n) is 5.17. The standard InChI is InChI=1S/C4H2O4.K.H2O/c5-1-2(6)4(8)3(1)7;;/h5-6H;;1H2/q;+1;/p-1. The van der Waals surface area contributed by atoms with Crippen LogP contribution in [0.15, 0.2) is 9.59 Å². The topological polar surface area (TPSA) is 109 Å². The fourth-order valence-corrected chi connectivity index (χ4v) is 0.359. The molecule has 0 aliphatic carbocycles. The summed E-state index contributed by atoms with van der Waals surface area (Å²) in [6.45, 7) is 0. The van der Waals surface area contributed by atoms with Gasteiger partial charge >= 0.3 is 51.4 Å². The third-order valence-electron chi connectivity index (χ3n) is 0.843. The molecular weight excluding hydrogens is 167 g/mol. The SMILES string of the molecule is O.O=c1c([O-])c(O)c1=O.[K+]. The quantitative estimate of drug-likeness (QED) is 0.309. The van der Waals surface area contributed by atoms with Crippen LogP contribution in [0.25, 0.3) is 0 Å². The maximum absolute atomic E-state index is 9.91. The van der Waals surface area contributed by atoms with E-state index in [0.29, 0.717) is 0 Å². The van der Waals surface area contributed by atoms with Crippen LogP contribution in [0.1, 0.15) is 0 Å². The van der Waals surface area contributed by atoms with Crippen LogP contribution in [-0.4, -0.2) is 10.6 Å². The third-order valence-corrected chi connectivity index (χ3v) is 0.843. The van der Waals surface area contributed by atoms with Gasteiger partial charge in [-0.1, -0.05) is 0 Å². The van der Waals surface area contributed by atoms with E-state index in [1.807, 2.05) is 0 Å². The van der Waals surface area contributed by atoms with Gasteiger partial charge in [-0.15, -0.1) is 0 Å². The molecule has 0 fully saturated rings. The molecule has 0 aliphatic rings. The Balaban J connectivity index is 0. The van der Waals surface area contributed by atoms with Gasteiger partial charge in [-0.2, -0.15) is 0 Å². The Morgan fingerprint density at radius 3 is 1.70 bits per heavy atom. The fraction of sp³-hybridized carbons (Fsp3) is 0. The Morgan fingerprint density at radius 2 is 1.60 bits per heavy atom. The molecule has 1 aromatic rings. The first-order chi connectivity index (χ1) is 3.64. The van der Waals surface area contributed by atoms with Gasteiger partial charge in [-0.25, -0.2) is 0 Å². The van der Waals surface area contributed by atoms with Gasteiger partial charge in [0, 0.05) is 0 Å².